The molecule has 1 aliphatic rings. The van der Waals surface area contributed by atoms with Gasteiger partial charge in [0.15, 0.2) is 0 Å². The second-order valence-electron chi connectivity index (χ2n) is 6.82. The minimum Gasteiger partial charge on any atom is -0.346 e. The molecule has 122 valence electrons. The summed E-state index contributed by atoms with van der Waals surface area (Å²) in [5.41, 5.74) is 1.00. The monoisotopic (exact) mass is 315 g/mol. The summed E-state index contributed by atoms with van der Waals surface area (Å²) in [5, 5.41) is 0. The molecule has 0 saturated carbocycles. The average molecular weight is 315 g/mol. The van der Waals surface area contributed by atoms with Crippen molar-refractivity contribution in [3.8, 4) is 0 Å². The lowest BCUT2D eigenvalue weighted by Gasteiger charge is -2.29. The highest BCUT2D eigenvalue weighted by molar-refractivity contribution is 5.87. The van der Waals surface area contributed by atoms with Crippen molar-refractivity contribution in [1.82, 2.24) is 14.9 Å². The predicted octanol–water partition coefficient (Wildman–Crippen LogP) is 3.15. The highest BCUT2D eigenvalue weighted by Gasteiger charge is 2.38. The van der Waals surface area contributed by atoms with Gasteiger partial charge in [0.05, 0.1) is 5.41 Å². The molecule has 1 aromatic carbocycles. The molecule has 2 aromatic rings. The molecule has 2 heterocycles. The van der Waals surface area contributed by atoms with Crippen LogP contribution in [0.1, 0.15) is 43.3 Å². The number of aromatic amines is 1. The molecule has 1 N–H and O–H groups in total. The third kappa shape index (κ3) is 3.00. The second kappa shape index (κ2) is 5.80. The van der Waals surface area contributed by atoms with E-state index in [-0.39, 0.29) is 17.6 Å². The van der Waals surface area contributed by atoms with Crippen molar-refractivity contribution in [2.75, 3.05) is 13.1 Å². The van der Waals surface area contributed by atoms with Crippen LogP contribution in [-0.2, 0) is 10.2 Å². The topological polar surface area (TPSA) is 49.0 Å². The zero-order valence-corrected chi connectivity index (χ0v) is 13.8. The SMILES string of the molecule is Cc1cnc(C2CCN(C(=O)C(C)(C)c3cccc(F)c3)C2)[nH]1. The highest BCUT2D eigenvalue weighted by atomic mass is 19.1. The van der Waals surface area contributed by atoms with E-state index >= 15 is 0 Å². The van der Waals surface area contributed by atoms with E-state index in [1.807, 2.05) is 37.9 Å². The summed E-state index contributed by atoms with van der Waals surface area (Å²) < 4.78 is 13.5. The Hall–Kier alpha value is -2.17. The number of rotatable bonds is 3. The maximum absolute atomic E-state index is 13.5. The minimum atomic E-state index is -0.740. The van der Waals surface area contributed by atoms with Gasteiger partial charge in [-0.1, -0.05) is 12.1 Å². The Morgan fingerprint density at radius 2 is 2.22 bits per heavy atom. The fraction of sp³-hybridized carbons (Fsp3) is 0.444. The van der Waals surface area contributed by atoms with Gasteiger partial charge in [-0.05, 0) is 44.9 Å². The Balaban J connectivity index is 1.75. The smallest absolute Gasteiger partial charge is 0.232 e. The number of likely N-dealkylation sites (tertiary alicyclic amines) is 1. The van der Waals surface area contributed by atoms with E-state index in [9.17, 15) is 9.18 Å². The Kier molecular flexibility index (Phi) is 3.96. The summed E-state index contributed by atoms with van der Waals surface area (Å²) in [6, 6.07) is 6.30. The molecule has 1 aromatic heterocycles. The first kappa shape index (κ1) is 15.7. The summed E-state index contributed by atoms with van der Waals surface area (Å²) in [7, 11) is 0. The molecule has 1 fully saturated rings. The van der Waals surface area contributed by atoms with E-state index in [0.29, 0.717) is 18.7 Å². The number of halogens is 1. The van der Waals surface area contributed by atoms with E-state index < -0.39 is 5.41 Å². The van der Waals surface area contributed by atoms with Crippen LogP contribution in [-0.4, -0.2) is 33.9 Å². The number of amides is 1. The quantitative estimate of drug-likeness (QED) is 0.946. The summed E-state index contributed by atoms with van der Waals surface area (Å²) >= 11 is 0. The van der Waals surface area contributed by atoms with Crippen molar-refractivity contribution in [3.63, 3.8) is 0 Å². The summed E-state index contributed by atoms with van der Waals surface area (Å²) in [5.74, 6) is 0.917. The lowest BCUT2D eigenvalue weighted by molar-refractivity contribution is -0.135. The maximum Gasteiger partial charge on any atom is 0.232 e. The van der Waals surface area contributed by atoms with Gasteiger partial charge in [-0.15, -0.1) is 0 Å². The number of aromatic nitrogens is 2. The molecular formula is C18H22FN3O. The van der Waals surface area contributed by atoms with Crippen molar-refractivity contribution >= 4 is 5.91 Å². The van der Waals surface area contributed by atoms with Crippen LogP contribution < -0.4 is 0 Å². The van der Waals surface area contributed by atoms with Gasteiger partial charge in [0, 0.05) is 30.9 Å². The molecule has 23 heavy (non-hydrogen) atoms. The Labute approximate surface area is 135 Å². The fourth-order valence-electron chi connectivity index (χ4n) is 3.20. The Bertz CT molecular complexity index is 723. The van der Waals surface area contributed by atoms with Crippen LogP contribution in [0.2, 0.25) is 0 Å². The van der Waals surface area contributed by atoms with Gasteiger partial charge < -0.3 is 9.88 Å². The van der Waals surface area contributed by atoms with Crippen LogP contribution in [0.3, 0.4) is 0 Å². The zero-order valence-electron chi connectivity index (χ0n) is 13.8. The lowest BCUT2D eigenvalue weighted by Crippen LogP contribution is -2.42. The molecule has 1 saturated heterocycles. The first-order chi connectivity index (χ1) is 10.9. The number of imidazole rings is 1. The van der Waals surface area contributed by atoms with Gasteiger partial charge in [-0.25, -0.2) is 9.37 Å². The number of hydrogen-bond acceptors (Lipinski definition) is 2. The van der Waals surface area contributed by atoms with Crippen LogP contribution in [0, 0.1) is 12.7 Å². The minimum absolute atomic E-state index is 0.0360. The Morgan fingerprint density at radius 3 is 2.87 bits per heavy atom. The number of nitrogens with zero attached hydrogens (tertiary/aromatic N) is 2. The number of hydrogen-bond donors (Lipinski definition) is 1. The summed E-state index contributed by atoms with van der Waals surface area (Å²) in [6.07, 6.45) is 2.72. The van der Waals surface area contributed by atoms with Gasteiger partial charge in [0.25, 0.3) is 0 Å². The van der Waals surface area contributed by atoms with Crippen LogP contribution in [0.15, 0.2) is 30.5 Å². The largest absolute Gasteiger partial charge is 0.346 e. The molecule has 1 unspecified atom stereocenters. The first-order valence-electron chi connectivity index (χ1n) is 7.95. The predicted molar refractivity (Wildman–Crippen MR) is 86.7 cm³/mol. The van der Waals surface area contributed by atoms with Gasteiger partial charge >= 0.3 is 0 Å². The number of benzene rings is 1. The van der Waals surface area contributed by atoms with Crippen molar-refractivity contribution in [2.24, 2.45) is 0 Å². The van der Waals surface area contributed by atoms with Crippen LogP contribution >= 0.6 is 0 Å². The van der Waals surface area contributed by atoms with E-state index in [2.05, 4.69) is 9.97 Å². The van der Waals surface area contributed by atoms with Crippen molar-refractivity contribution in [2.45, 2.75) is 38.5 Å². The maximum atomic E-state index is 13.5. The van der Waals surface area contributed by atoms with Crippen LogP contribution in [0.4, 0.5) is 4.39 Å². The molecule has 1 amide bonds. The highest BCUT2D eigenvalue weighted by Crippen LogP contribution is 2.31. The molecular weight excluding hydrogens is 293 g/mol. The van der Waals surface area contributed by atoms with Crippen molar-refractivity contribution < 1.29 is 9.18 Å². The number of carbonyl (C=O) groups excluding carboxylic acids is 1. The molecule has 0 aliphatic carbocycles. The molecule has 5 heteroatoms. The summed E-state index contributed by atoms with van der Waals surface area (Å²) in [4.78, 5) is 22.4. The molecule has 1 atom stereocenters. The zero-order chi connectivity index (χ0) is 16.6. The van der Waals surface area contributed by atoms with E-state index in [1.54, 1.807) is 6.07 Å². The summed E-state index contributed by atoms with van der Waals surface area (Å²) in [6.45, 7) is 7.05. The van der Waals surface area contributed by atoms with Crippen molar-refractivity contribution in [1.29, 1.82) is 0 Å². The molecule has 1 aliphatic heterocycles. The second-order valence-corrected chi connectivity index (χ2v) is 6.82. The third-order valence-electron chi connectivity index (χ3n) is 4.67. The lowest BCUT2D eigenvalue weighted by atomic mass is 9.83. The standard InChI is InChI=1S/C18H22FN3O/c1-12-10-20-16(21-12)13-7-8-22(11-13)17(23)18(2,3)14-5-4-6-15(19)9-14/h4-6,9-10,13H,7-8,11H2,1-3H3,(H,20,21). The van der Waals surface area contributed by atoms with Crippen molar-refractivity contribution in [3.05, 3.63) is 53.4 Å². The van der Waals surface area contributed by atoms with E-state index in [0.717, 1.165) is 17.9 Å². The van der Waals surface area contributed by atoms with Crippen LogP contribution in [0.25, 0.3) is 0 Å². The van der Waals surface area contributed by atoms with Crippen LogP contribution in [0.5, 0.6) is 0 Å². The molecule has 0 radical (unpaired) electrons. The Morgan fingerprint density at radius 1 is 1.43 bits per heavy atom. The molecule has 4 nitrogen and oxygen atoms in total. The number of carbonyl (C=O) groups is 1. The molecule has 0 bridgehead atoms. The van der Waals surface area contributed by atoms with E-state index in [4.69, 9.17) is 0 Å². The molecule has 3 rings (SSSR count). The number of H-pyrrole nitrogens is 1. The molecule has 0 spiro atoms. The van der Waals surface area contributed by atoms with Gasteiger partial charge in [0.1, 0.15) is 11.6 Å². The van der Waals surface area contributed by atoms with Gasteiger partial charge in [-0.2, -0.15) is 0 Å². The normalized spacial score (nSPS) is 18.4. The number of nitrogens with one attached hydrogen (secondary N) is 1. The van der Waals surface area contributed by atoms with E-state index in [1.165, 1.54) is 12.1 Å². The average Bonchev–Trinajstić information content (AvgIpc) is 3.15. The first-order valence-corrected chi connectivity index (χ1v) is 7.95. The van der Waals surface area contributed by atoms with Gasteiger partial charge in [0.2, 0.25) is 5.91 Å². The third-order valence-corrected chi connectivity index (χ3v) is 4.67. The van der Waals surface area contributed by atoms with Gasteiger partial charge in [-0.3, -0.25) is 4.79 Å². The fourth-order valence-corrected chi connectivity index (χ4v) is 3.20. The number of aryl methyl sites for hydroxylation is 1.